The van der Waals surface area contributed by atoms with E-state index in [2.05, 4.69) is 16.0 Å². The monoisotopic (exact) mass is 422 g/mol. The molecule has 4 aromatic rings. The lowest BCUT2D eigenvalue weighted by atomic mass is 9.93. The van der Waals surface area contributed by atoms with Crippen molar-refractivity contribution in [1.82, 2.24) is 14.9 Å². The molecular weight excluding hydrogens is 404 g/mol. The highest BCUT2D eigenvalue weighted by Gasteiger charge is 2.30. The van der Waals surface area contributed by atoms with Crippen LogP contribution in [0.5, 0.6) is 0 Å². The summed E-state index contributed by atoms with van der Waals surface area (Å²) >= 11 is 3.06. The highest BCUT2D eigenvalue weighted by atomic mass is 32.1. The molecule has 1 unspecified atom stereocenters. The number of nitrogens with zero attached hydrogens (tertiary/aromatic N) is 2. The van der Waals surface area contributed by atoms with Crippen LogP contribution >= 0.6 is 22.7 Å². The zero-order chi connectivity index (χ0) is 20.0. The van der Waals surface area contributed by atoms with Crippen LogP contribution < -0.4 is 11.3 Å². The molecule has 0 saturated carbocycles. The minimum Gasteiger partial charge on any atom is -0.368 e. The summed E-state index contributed by atoms with van der Waals surface area (Å²) in [7, 11) is 0. The molecule has 4 heterocycles. The zero-order valence-corrected chi connectivity index (χ0v) is 17.1. The molecule has 0 fully saturated rings. The Balaban J connectivity index is 1.50. The maximum absolute atomic E-state index is 12.8. The number of fused-ring (bicyclic) bond motifs is 2. The number of nitrogens with one attached hydrogen (secondary N) is 1. The van der Waals surface area contributed by atoms with Gasteiger partial charge in [-0.1, -0.05) is 30.3 Å². The van der Waals surface area contributed by atoms with Crippen molar-refractivity contribution < 1.29 is 4.79 Å². The van der Waals surface area contributed by atoms with Crippen molar-refractivity contribution in [2.24, 2.45) is 5.73 Å². The largest absolute Gasteiger partial charge is 0.368 e. The number of H-pyrrole nitrogens is 1. The quantitative estimate of drug-likeness (QED) is 0.529. The number of carbonyl (C=O) groups excluding carboxylic acids is 1. The molecule has 0 spiro atoms. The summed E-state index contributed by atoms with van der Waals surface area (Å²) in [5.74, 6) is 0.187. The molecule has 5 rings (SSSR count). The van der Waals surface area contributed by atoms with Crippen LogP contribution in [-0.4, -0.2) is 26.8 Å². The SMILES string of the molecule is NC(=O)C1Cc2ccccc2CN1Cc1nc2scc(-c3cccs3)c2c(=O)[nH]1. The Hall–Kier alpha value is -2.81. The molecule has 1 aromatic carbocycles. The average molecular weight is 423 g/mol. The molecular formula is C21H18N4O2S2. The van der Waals surface area contributed by atoms with E-state index in [1.165, 1.54) is 16.9 Å². The molecule has 0 saturated heterocycles. The molecule has 8 heteroatoms. The van der Waals surface area contributed by atoms with Crippen molar-refractivity contribution in [3.63, 3.8) is 0 Å². The number of rotatable bonds is 4. The lowest BCUT2D eigenvalue weighted by molar-refractivity contribution is -0.124. The molecule has 146 valence electrons. The van der Waals surface area contributed by atoms with Gasteiger partial charge in [-0.25, -0.2) is 4.98 Å². The molecule has 1 aliphatic rings. The number of carbonyl (C=O) groups is 1. The minimum absolute atomic E-state index is 0.150. The van der Waals surface area contributed by atoms with Crippen molar-refractivity contribution in [3.8, 4) is 10.4 Å². The molecule has 1 amide bonds. The Labute approximate surface area is 174 Å². The van der Waals surface area contributed by atoms with Crippen LogP contribution in [0.4, 0.5) is 0 Å². The molecule has 3 aromatic heterocycles. The van der Waals surface area contributed by atoms with Crippen LogP contribution in [0.3, 0.4) is 0 Å². The Kier molecular flexibility index (Phi) is 4.54. The number of nitrogens with two attached hydrogens (primary N) is 1. The molecule has 1 atom stereocenters. The van der Waals surface area contributed by atoms with Gasteiger partial charge in [0, 0.05) is 22.4 Å². The Morgan fingerprint density at radius 2 is 2.03 bits per heavy atom. The van der Waals surface area contributed by atoms with Gasteiger partial charge in [0.25, 0.3) is 5.56 Å². The first-order chi connectivity index (χ1) is 14.1. The smallest absolute Gasteiger partial charge is 0.260 e. The summed E-state index contributed by atoms with van der Waals surface area (Å²) < 4.78 is 0. The van der Waals surface area contributed by atoms with E-state index in [1.807, 2.05) is 46.0 Å². The molecule has 6 nitrogen and oxygen atoms in total. The second kappa shape index (κ2) is 7.22. The van der Waals surface area contributed by atoms with Crippen molar-refractivity contribution in [3.05, 3.63) is 74.5 Å². The predicted molar refractivity (Wildman–Crippen MR) is 116 cm³/mol. The second-order valence-corrected chi connectivity index (χ2v) is 8.92. The number of hydrogen-bond acceptors (Lipinski definition) is 6. The summed E-state index contributed by atoms with van der Waals surface area (Å²) in [6.07, 6.45) is 0.569. The molecule has 1 aliphatic heterocycles. The van der Waals surface area contributed by atoms with Crippen molar-refractivity contribution in [2.45, 2.75) is 25.6 Å². The standard InChI is InChI=1S/C21H18N4O2S2/c22-19(26)15-8-12-4-1-2-5-13(12)9-25(15)10-17-23-20(27)18-14(11-29-21(18)24-17)16-6-3-7-28-16/h1-7,11,15H,8-10H2,(H2,22,26)(H,23,24,27). The van der Waals surface area contributed by atoms with Gasteiger partial charge < -0.3 is 10.7 Å². The number of thiophene rings is 2. The normalized spacial score (nSPS) is 16.8. The van der Waals surface area contributed by atoms with Gasteiger partial charge in [0.1, 0.15) is 10.7 Å². The number of aromatic amines is 1. The van der Waals surface area contributed by atoms with Crippen LogP contribution in [0, 0.1) is 0 Å². The fraction of sp³-hybridized carbons (Fsp3) is 0.190. The van der Waals surface area contributed by atoms with E-state index in [-0.39, 0.29) is 11.5 Å². The summed E-state index contributed by atoms with van der Waals surface area (Å²) in [6, 6.07) is 11.6. The van der Waals surface area contributed by atoms with E-state index < -0.39 is 6.04 Å². The maximum Gasteiger partial charge on any atom is 0.260 e. The second-order valence-electron chi connectivity index (χ2n) is 7.12. The van der Waals surface area contributed by atoms with Crippen molar-refractivity contribution in [1.29, 1.82) is 0 Å². The van der Waals surface area contributed by atoms with Gasteiger partial charge in [-0.15, -0.1) is 22.7 Å². The van der Waals surface area contributed by atoms with Gasteiger partial charge in [0.05, 0.1) is 18.0 Å². The van der Waals surface area contributed by atoms with Gasteiger partial charge in [-0.05, 0) is 29.0 Å². The van der Waals surface area contributed by atoms with Crippen LogP contribution in [0.2, 0.25) is 0 Å². The average Bonchev–Trinajstić information content (AvgIpc) is 3.37. The third kappa shape index (κ3) is 3.29. The van der Waals surface area contributed by atoms with Gasteiger partial charge in [-0.3, -0.25) is 14.5 Å². The van der Waals surface area contributed by atoms with E-state index in [1.54, 1.807) is 11.3 Å². The molecule has 3 N–H and O–H groups in total. The number of primary amides is 1. The number of benzene rings is 1. The third-order valence-corrected chi connectivity index (χ3v) is 7.08. The summed E-state index contributed by atoms with van der Waals surface area (Å²) in [5, 5.41) is 4.59. The summed E-state index contributed by atoms with van der Waals surface area (Å²) in [6.45, 7) is 0.954. The minimum atomic E-state index is -0.420. The lowest BCUT2D eigenvalue weighted by Crippen LogP contribution is -2.48. The fourth-order valence-electron chi connectivity index (χ4n) is 3.90. The van der Waals surface area contributed by atoms with E-state index >= 15 is 0 Å². The molecule has 0 aliphatic carbocycles. The molecule has 0 radical (unpaired) electrons. The summed E-state index contributed by atoms with van der Waals surface area (Å²) in [4.78, 5) is 36.3. The third-order valence-electron chi connectivity index (χ3n) is 5.31. The number of hydrogen-bond donors (Lipinski definition) is 2. The van der Waals surface area contributed by atoms with E-state index in [0.29, 0.717) is 35.6 Å². The van der Waals surface area contributed by atoms with Crippen LogP contribution in [0.25, 0.3) is 20.7 Å². The van der Waals surface area contributed by atoms with E-state index in [9.17, 15) is 9.59 Å². The van der Waals surface area contributed by atoms with Crippen molar-refractivity contribution in [2.75, 3.05) is 0 Å². The van der Waals surface area contributed by atoms with Crippen LogP contribution in [-0.2, 0) is 24.3 Å². The van der Waals surface area contributed by atoms with Gasteiger partial charge in [0.15, 0.2) is 0 Å². The van der Waals surface area contributed by atoms with Gasteiger partial charge in [0.2, 0.25) is 5.91 Å². The first-order valence-electron chi connectivity index (χ1n) is 9.24. The topological polar surface area (TPSA) is 92.1 Å². The lowest BCUT2D eigenvalue weighted by Gasteiger charge is -2.34. The maximum atomic E-state index is 12.8. The first-order valence-corrected chi connectivity index (χ1v) is 11.0. The molecule has 29 heavy (non-hydrogen) atoms. The predicted octanol–water partition coefficient (Wildman–Crippen LogP) is 3.13. The van der Waals surface area contributed by atoms with Crippen LogP contribution in [0.1, 0.15) is 17.0 Å². The van der Waals surface area contributed by atoms with E-state index in [4.69, 9.17) is 5.73 Å². The highest BCUT2D eigenvalue weighted by Crippen LogP contribution is 2.33. The van der Waals surface area contributed by atoms with Crippen LogP contribution in [0.15, 0.2) is 52.0 Å². The highest BCUT2D eigenvalue weighted by molar-refractivity contribution is 7.18. The van der Waals surface area contributed by atoms with Crippen molar-refractivity contribution >= 4 is 38.8 Å². The Morgan fingerprint density at radius 1 is 1.21 bits per heavy atom. The summed E-state index contributed by atoms with van der Waals surface area (Å²) in [5.41, 5.74) is 8.76. The number of aromatic nitrogens is 2. The zero-order valence-electron chi connectivity index (χ0n) is 15.4. The van der Waals surface area contributed by atoms with Gasteiger partial charge >= 0.3 is 0 Å². The Bertz CT molecular complexity index is 1260. The number of amides is 1. The molecule has 0 bridgehead atoms. The fourth-order valence-corrected chi connectivity index (χ4v) is 5.68. The first kappa shape index (κ1) is 18.2. The van der Waals surface area contributed by atoms with E-state index in [0.717, 1.165) is 16.0 Å². The Morgan fingerprint density at radius 3 is 2.79 bits per heavy atom. The van der Waals surface area contributed by atoms with Gasteiger partial charge in [-0.2, -0.15) is 0 Å².